The Bertz CT molecular complexity index is 1380. The van der Waals surface area contributed by atoms with Gasteiger partial charge >= 0.3 is 5.91 Å². The third kappa shape index (κ3) is 6.29. The zero-order valence-corrected chi connectivity index (χ0v) is 28.5. The van der Waals surface area contributed by atoms with Gasteiger partial charge in [0, 0.05) is 43.7 Å². The molecule has 0 radical (unpaired) electrons. The second-order valence-electron chi connectivity index (χ2n) is 14.8. The first kappa shape index (κ1) is 34.6. The summed E-state index contributed by atoms with van der Waals surface area (Å²) in [6, 6.07) is -3.00. The molecule has 48 heavy (non-hydrogen) atoms. The van der Waals surface area contributed by atoms with Crippen molar-refractivity contribution in [2.45, 2.75) is 134 Å². The van der Waals surface area contributed by atoms with Crippen molar-refractivity contribution in [1.82, 2.24) is 30.8 Å². The number of carbonyl (C=O) groups is 5. The maximum atomic E-state index is 14.5. The Balaban J connectivity index is 1.20. The predicted octanol–water partition coefficient (Wildman–Crippen LogP) is 1.45. The highest BCUT2D eigenvalue weighted by molar-refractivity contribution is 6.38. The lowest BCUT2D eigenvalue weighted by Gasteiger charge is -2.53. The first-order valence-corrected chi connectivity index (χ1v) is 18.2. The summed E-state index contributed by atoms with van der Waals surface area (Å²) >= 11 is 0. The van der Waals surface area contributed by atoms with Gasteiger partial charge in [-0.05, 0) is 37.5 Å². The van der Waals surface area contributed by atoms with Gasteiger partial charge in [0.1, 0.15) is 18.0 Å². The highest BCUT2D eigenvalue weighted by atomic mass is 16.3. The number of Topliss-reactive ketones (excluding diaryl/α,β-unsaturated/α-hetero) is 1. The van der Waals surface area contributed by atoms with E-state index in [1.54, 1.807) is 4.90 Å². The van der Waals surface area contributed by atoms with Crippen LogP contribution in [0.3, 0.4) is 0 Å². The molecule has 3 aliphatic heterocycles. The van der Waals surface area contributed by atoms with E-state index in [0.717, 1.165) is 44.9 Å². The van der Waals surface area contributed by atoms with Crippen LogP contribution < -0.4 is 16.0 Å². The lowest BCUT2D eigenvalue weighted by molar-refractivity contribution is -0.911. The minimum absolute atomic E-state index is 0.0111. The first-order valence-electron chi connectivity index (χ1n) is 18.2. The van der Waals surface area contributed by atoms with Crippen LogP contribution in [0.5, 0.6) is 0 Å². The summed E-state index contributed by atoms with van der Waals surface area (Å²) < 4.78 is -0.0217. The molecule has 4 unspecified atom stereocenters. The van der Waals surface area contributed by atoms with Crippen molar-refractivity contribution in [3.05, 3.63) is 24.3 Å². The summed E-state index contributed by atoms with van der Waals surface area (Å²) in [6.45, 7) is 6.81. The van der Waals surface area contributed by atoms with E-state index in [1.165, 1.54) is 18.6 Å². The van der Waals surface area contributed by atoms with E-state index in [9.17, 15) is 29.1 Å². The number of hydrogen-bond donors (Lipinski definition) is 4. The fraction of sp³-hybridized carbons (Fsp3) is 0.743. The molecule has 4 N–H and O–H groups in total. The van der Waals surface area contributed by atoms with Crippen molar-refractivity contribution in [1.29, 1.82) is 0 Å². The smallest absolute Gasteiger partial charge is 0.343 e. The van der Waals surface area contributed by atoms with E-state index in [-0.39, 0.29) is 51.8 Å². The topological polar surface area (TPSA) is 171 Å². The average Bonchev–Trinajstić information content (AvgIpc) is 3.76. The van der Waals surface area contributed by atoms with Crippen LogP contribution in [-0.4, -0.2) is 109 Å². The van der Waals surface area contributed by atoms with Crippen LogP contribution in [0, 0.1) is 17.8 Å². The van der Waals surface area contributed by atoms with Crippen molar-refractivity contribution >= 4 is 29.4 Å². The molecule has 0 aromatic carbocycles. The second-order valence-corrected chi connectivity index (χ2v) is 14.8. The lowest BCUT2D eigenvalue weighted by Crippen LogP contribution is -2.82. The summed E-state index contributed by atoms with van der Waals surface area (Å²) in [5.41, 5.74) is 0.152. The molecular formula is C35H52N7O6+. The fourth-order valence-corrected chi connectivity index (χ4v) is 9.03. The van der Waals surface area contributed by atoms with Crippen molar-refractivity contribution in [3.8, 4) is 0 Å². The molecule has 262 valence electrons. The molecule has 9 atom stereocenters. The number of nitrogens with one attached hydrogen (secondary N) is 3. The summed E-state index contributed by atoms with van der Waals surface area (Å²) in [6.07, 6.45) is 12.1. The van der Waals surface area contributed by atoms with E-state index in [0.29, 0.717) is 38.8 Å². The normalized spacial score (nSPS) is 29.6. The molecule has 1 aromatic heterocycles. The fourth-order valence-electron chi connectivity index (χ4n) is 9.03. The molecule has 6 rings (SSSR count). The van der Waals surface area contributed by atoms with Crippen LogP contribution in [0.1, 0.15) is 102 Å². The maximum Gasteiger partial charge on any atom is 0.343 e. The number of β-lactam (4-membered cyclic amide) rings is 1. The molecule has 1 aromatic rings. The molecule has 3 saturated heterocycles. The molecule has 0 spiro atoms. The Hall–Kier alpha value is -3.29. The van der Waals surface area contributed by atoms with E-state index < -0.39 is 48.0 Å². The van der Waals surface area contributed by atoms with Gasteiger partial charge in [0.05, 0.1) is 24.8 Å². The molecule has 2 saturated carbocycles. The van der Waals surface area contributed by atoms with Crippen molar-refractivity contribution in [3.63, 3.8) is 0 Å². The highest BCUT2D eigenvalue weighted by Crippen LogP contribution is 2.53. The van der Waals surface area contributed by atoms with Crippen molar-refractivity contribution in [2.75, 3.05) is 13.1 Å². The summed E-state index contributed by atoms with van der Waals surface area (Å²) in [5.74, 6) is -2.06. The summed E-state index contributed by atoms with van der Waals surface area (Å²) in [4.78, 5) is 78.1. The quantitative estimate of drug-likeness (QED) is 0.0937. The maximum absolute atomic E-state index is 14.5. The molecule has 13 nitrogen and oxygen atoms in total. The minimum atomic E-state index is -1.22. The first-order chi connectivity index (χ1) is 23.1. The number of aliphatic hydroxyl groups is 1. The van der Waals surface area contributed by atoms with Crippen molar-refractivity contribution in [2.24, 2.45) is 17.8 Å². The van der Waals surface area contributed by atoms with Gasteiger partial charge in [0.25, 0.3) is 17.6 Å². The highest BCUT2D eigenvalue weighted by Gasteiger charge is 2.78. The molecule has 2 aliphatic carbocycles. The summed E-state index contributed by atoms with van der Waals surface area (Å²) in [7, 11) is 0. The van der Waals surface area contributed by atoms with Crippen molar-refractivity contribution < 1.29 is 33.6 Å². The van der Waals surface area contributed by atoms with Crippen LogP contribution in [0.15, 0.2) is 18.6 Å². The van der Waals surface area contributed by atoms with E-state index in [4.69, 9.17) is 0 Å². The lowest BCUT2D eigenvalue weighted by atomic mass is 9.82. The van der Waals surface area contributed by atoms with E-state index >= 15 is 0 Å². The number of nitrogens with zero attached hydrogens (tertiary/aromatic N) is 4. The van der Waals surface area contributed by atoms with Crippen LogP contribution in [0.2, 0.25) is 0 Å². The number of aromatic nitrogens is 2. The molecule has 4 heterocycles. The van der Waals surface area contributed by atoms with Gasteiger partial charge in [-0.25, -0.2) is 14.3 Å². The third-order valence-electron chi connectivity index (χ3n) is 11.9. The number of hydrogen-bond acceptors (Lipinski definition) is 9. The number of amides is 4. The van der Waals surface area contributed by atoms with Crippen LogP contribution in [-0.2, 0) is 19.2 Å². The Morgan fingerprint density at radius 1 is 1.06 bits per heavy atom. The largest absolute Gasteiger partial charge is 0.376 e. The van der Waals surface area contributed by atoms with Gasteiger partial charge in [-0.15, -0.1) is 0 Å². The number of likely N-dealkylation sites (tertiary alicyclic amines) is 1. The van der Waals surface area contributed by atoms with Gasteiger partial charge in [0.15, 0.2) is 6.04 Å². The Morgan fingerprint density at radius 2 is 1.81 bits per heavy atom. The molecule has 5 fully saturated rings. The third-order valence-corrected chi connectivity index (χ3v) is 11.9. The summed E-state index contributed by atoms with van der Waals surface area (Å²) in [5, 5.41) is 20.8. The van der Waals surface area contributed by atoms with Gasteiger partial charge in [-0.2, -0.15) is 0 Å². The van der Waals surface area contributed by atoms with Gasteiger partial charge < -0.3 is 20.6 Å². The number of rotatable bonds is 15. The van der Waals surface area contributed by atoms with Gasteiger partial charge in [0.2, 0.25) is 11.9 Å². The Kier molecular flexibility index (Phi) is 10.3. The zero-order valence-electron chi connectivity index (χ0n) is 28.5. The molecule has 4 amide bonds. The second kappa shape index (κ2) is 14.3. The van der Waals surface area contributed by atoms with Gasteiger partial charge in [-0.1, -0.05) is 52.9 Å². The average molecular weight is 667 g/mol. The molecule has 5 aliphatic rings. The standard InChI is InChI=1S/C35H51N7O6/c1-4-9-25(30(43)33(46)38-23-12-13-23)42-17-14-22-19-41(28(29(22)42)35(42)48)34(47)26(20(3)5-2)39-32(45)27(21-10-7-6-8-11-21)40-31(44)24-18-36-15-16-37-24/h15-16,18,20-23,25-29,32,39,45H,4-14,17,19H2,1-3H3,(H-,38,40,44,46)/p+1/t20-,22?,25+,26+,27+,28+,29?,32?,42?/m1/s1. The van der Waals surface area contributed by atoms with Crippen LogP contribution in [0.25, 0.3) is 0 Å². The monoisotopic (exact) mass is 666 g/mol. The Morgan fingerprint density at radius 3 is 2.46 bits per heavy atom. The predicted molar refractivity (Wildman–Crippen MR) is 175 cm³/mol. The minimum Gasteiger partial charge on any atom is -0.376 e. The number of quaternary nitrogens is 1. The molecular weight excluding hydrogens is 614 g/mol. The number of aliphatic hydroxyl groups excluding tert-OH is 1. The SMILES string of the molecule is CCC[C@@H](C(=O)C(=O)NC1CC1)[N+]12CCC3CN(C(=O)[C@@H](NC(O)[C@@H](NC(=O)c4cnccn4)C4CCCCC4)[C@H](C)CC)[C@H](C1=O)C32. The van der Waals surface area contributed by atoms with E-state index in [2.05, 4.69) is 25.9 Å². The van der Waals surface area contributed by atoms with Gasteiger partial charge in [-0.3, -0.25) is 29.5 Å². The zero-order chi connectivity index (χ0) is 34.2. The number of ketones is 1. The molecule has 0 bridgehead atoms. The Labute approximate surface area is 282 Å². The van der Waals surface area contributed by atoms with E-state index in [1.807, 2.05) is 20.8 Å². The van der Waals surface area contributed by atoms with Crippen LogP contribution in [0.4, 0.5) is 0 Å². The van der Waals surface area contributed by atoms with Crippen LogP contribution >= 0.6 is 0 Å². The molecule has 13 heteroatoms. The number of carbonyl (C=O) groups excluding carboxylic acids is 5.